The van der Waals surface area contributed by atoms with Crippen molar-refractivity contribution in [1.29, 1.82) is 0 Å². The van der Waals surface area contributed by atoms with Crippen molar-refractivity contribution in [2.75, 3.05) is 0 Å². The summed E-state index contributed by atoms with van der Waals surface area (Å²) < 4.78 is 0. The van der Waals surface area contributed by atoms with Gasteiger partial charge >= 0.3 is 0 Å². The number of hydrogen-bond acceptors (Lipinski definition) is 1. The highest BCUT2D eigenvalue weighted by Crippen LogP contribution is 2.44. The Hall–Kier alpha value is -2.38. The Morgan fingerprint density at radius 2 is 1.43 bits per heavy atom. The highest BCUT2D eigenvalue weighted by atomic mass is 16.3. The monoisotopic (exact) mass is 270 g/mol. The van der Waals surface area contributed by atoms with E-state index in [2.05, 4.69) is 60.7 Å². The molecule has 1 heteroatoms. The van der Waals surface area contributed by atoms with Crippen LogP contribution in [-0.2, 0) is 6.42 Å². The Balaban J connectivity index is 2.13. The second kappa shape index (κ2) is 3.84. The lowest BCUT2D eigenvalue weighted by molar-refractivity contribution is 0.186. The molecule has 1 nitrogen and oxygen atoms in total. The van der Waals surface area contributed by atoms with Crippen LogP contribution in [0.4, 0.5) is 0 Å². The van der Waals surface area contributed by atoms with E-state index in [1.54, 1.807) is 0 Å². The molecule has 100 valence electrons. The summed E-state index contributed by atoms with van der Waals surface area (Å²) in [5.74, 6) is 0. The van der Waals surface area contributed by atoms with Crippen LogP contribution in [0.5, 0.6) is 0 Å². The average Bonchev–Trinajstić information content (AvgIpc) is 2.86. The van der Waals surface area contributed by atoms with Crippen LogP contribution in [0.2, 0.25) is 0 Å². The van der Waals surface area contributed by atoms with Gasteiger partial charge in [-0.25, -0.2) is 0 Å². The Labute approximate surface area is 122 Å². The van der Waals surface area contributed by atoms with Crippen LogP contribution in [-0.4, -0.2) is 5.11 Å². The first-order chi connectivity index (χ1) is 10.3. The molecule has 0 amide bonds. The van der Waals surface area contributed by atoms with Gasteiger partial charge in [0.1, 0.15) is 0 Å². The highest BCUT2D eigenvalue weighted by Gasteiger charge is 2.25. The number of aliphatic hydroxyl groups is 1. The van der Waals surface area contributed by atoms with Crippen LogP contribution in [0.3, 0.4) is 0 Å². The fraction of sp³-hybridized carbons (Fsp3) is 0.100. The second-order valence-electron chi connectivity index (χ2n) is 5.91. The fourth-order valence-electron chi connectivity index (χ4n) is 3.85. The third-order valence-electron chi connectivity index (χ3n) is 4.76. The molecule has 0 bridgehead atoms. The van der Waals surface area contributed by atoms with Crippen molar-refractivity contribution < 1.29 is 5.11 Å². The standard InChI is InChI=1S/C20H14O/c21-19-11-17-15-8-4-1-5-12(15)9-16-14-7-3-2-6-13(14)10-18(19)20(16)17/h1-10,19,21H,11H2. The van der Waals surface area contributed by atoms with Crippen LogP contribution < -0.4 is 0 Å². The van der Waals surface area contributed by atoms with Crippen LogP contribution >= 0.6 is 0 Å². The first-order valence-corrected chi connectivity index (χ1v) is 7.37. The lowest BCUT2D eigenvalue weighted by Gasteiger charge is -2.10. The van der Waals surface area contributed by atoms with Crippen molar-refractivity contribution in [3.63, 3.8) is 0 Å². The van der Waals surface area contributed by atoms with Crippen molar-refractivity contribution in [3.8, 4) is 0 Å². The molecule has 0 heterocycles. The zero-order chi connectivity index (χ0) is 14.0. The number of fused-ring (bicyclic) bond motifs is 4. The maximum atomic E-state index is 10.5. The number of rotatable bonds is 0. The molecule has 0 fully saturated rings. The van der Waals surface area contributed by atoms with Crippen LogP contribution in [0.25, 0.3) is 32.3 Å². The Kier molecular flexibility index (Phi) is 2.06. The molecule has 1 N–H and O–H groups in total. The second-order valence-corrected chi connectivity index (χ2v) is 5.91. The van der Waals surface area contributed by atoms with E-state index < -0.39 is 0 Å². The predicted octanol–water partition coefficient (Wildman–Crippen LogP) is 4.74. The zero-order valence-electron chi connectivity index (χ0n) is 11.5. The van der Waals surface area contributed by atoms with Gasteiger partial charge in [0.15, 0.2) is 0 Å². The Morgan fingerprint density at radius 3 is 2.24 bits per heavy atom. The molecule has 1 aliphatic rings. The summed E-state index contributed by atoms with van der Waals surface area (Å²) in [5, 5.41) is 18.0. The molecule has 4 aromatic rings. The number of aliphatic hydroxyl groups excluding tert-OH is 1. The van der Waals surface area contributed by atoms with Crippen LogP contribution in [0, 0.1) is 0 Å². The van der Waals surface area contributed by atoms with E-state index in [4.69, 9.17) is 0 Å². The SMILES string of the molecule is OC1Cc2c3ccccc3cc3c2c1cc1ccccc13. The van der Waals surface area contributed by atoms with Gasteiger partial charge in [0.05, 0.1) is 6.10 Å². The average molecular weight is 270 g/mol. The maximum Gasteiger partial charge on any atom is 0.0837 e. The molecule has 1 aliphatic carbocycles. The molecule has 0 aliphatic heterocycles. The van der Waals surface area contributed by atoms with Gasteiger partial charge in [-0.1, -0.05) is 48.5 Å². The molecule has 0 radical (unpaired) electrons. The van der Waals surface area contributed by atoms with Crippen LogP contribution in [0.15, 0.2) is 60.7 Å². The molecule has 0 aromatic heterocycles. The highest BCUT2D eigenvalue weighted by molar-refractivity contribution is 6.16. The predicted molar refractivity (Wildman–Crippen MR) is 87.6 cm³/mol. The van der Waals surface area contributed by atoms with E-state index in [9.17, 15) is 5.11 Å². The summed E-state index contributed by atoms with van der Waals surface area (Å²) in [7, 11) is 0. The van der Waals surface area contributed by atoms with Crippen LogP contribution in [0.1, 0.15) is 17.2 Å². The van der Waals surface area contributed by atoms with E-state index in [-0.39, 0.29) is 6.10 Å². The number of benzene rings is 4. The van der Waals surface area contributed by atoms with Gasteiger partial charge < -0.3 is 5.11 Å². The van der Waals surface area contributed by atoms with E-state index in [1.165, 1.54) is 37.9 Å². The van der Waals surface area contributed by atoms with Gasteiger partial charge in [-0.3, -0.25) is 0 Å². The molecule has 1 atom stereocenters. The summed E-state index contributed by atoms with van der Waals surface area (Å²) in [6, 6.07) is 21.4. The lowest BCUT2D eigenvalue weighted by atomic mass is 9.94. The molecule has 21 heavy (non-hydrogen) atoms. The minimum Gasteiger partial charge on any atom is -0.388 e. The lowest BCUT2D eigenvalue weighted by Crippen LogP contribution is -1.92. The van der Waals surface area contributed by atoms with Crippen molar-refractivity contribution >= 4 is 32.3 Å². The fourth-order valence-corrected chi connectivity index (χ4v) is 3.85. The van der Waals surface area contributed by atoms with Crippen molar-refractivity contribution in [3.05, 3.63) is 71.8 Å². The molecule has 5 rings (SSSR count). The van der Waals surface area contributed by atoms with E-state index >= 15 is 0 Å². The van der Waals surface area contributed by atoms with E-state index in [1.807, 2.05) is 0 Å². The van der Waals surface area contributed by atoms with Crippen molar-refractivity contribution in [2.45, 2.75) is 12.5 Å². The topological polar surface area (TPSA) is 20.2 Å². The minimum atomic E-state index is -0.377. The quantitative estimate of drug-likeness (QED) is 0.361. The largest absolute Gasteiger partial charge is 0.388 e. The summed E-state index contributed by atoms with van der Waals surface area (Å²) in [6.45, 7) is 0. The van der Waals surface area contributed by atoms with E-state index in [0.717, 1.165) is 12.0 Å². The van der Waals surface area contributed by atoms with Gasteiger partial charge in [0.25, 0.3) is 0 Å². The summed E-state index contributed by atoms with van der Waals surface area (Å²) in [5.41, 5.74) is 2.39. The summed E-state index contributed by atoms with van der Waals surface area (Å²) in [6.07, 6.45) is 0.349. The van der Waals surface area contributed by atoms with Gasteiger partial charge in [-0.05, 0) is 55.6 Å². The first kappa shape index (κ1) is 11.3. The zero-order valence-corrected chi connectivity index (χ0v) is 11.5. The van der Waals surface area contributed by atoms with Gasteiger partial charge in [-0.2, -0.15) is 0 Å². The molecular weight excluding hydrogens is 256 g/mol. The first-order valence-electron chi connectivity index (χ1n) is 7.37. The maximum absolute atomic E-state index is 10.5. The molecular formula is C20H14O. The normalized spacial score (nSPS) is 17.1. The van der Waals surface area contributed by atoms with E-state index in [0.29, 0.717) is 0 Å². The van der Waals surface area contributed by atoms with Crippen molar-refractivity contribution in [1.82, 2.24) is 0 Å². The summed E-state index contributed by atoms with van der Waals surface area (Å²) >= 11 is 0. The Morgan fingerprint density at radius 1 is 0.762 bits per heavy atom. The van der Waals surface area contributed by atoms with Gasteiger partial charge in [0.2, 0.25) is 0 Å². The van der Waals surface area contributed by atoms with Crippen molar-refractivity contribution in [2.24, 2.45) is 0 Å². The Bertz CT molecular complexity index is 1030. The van der Waals surface area contributed by atoms with Gasteiger partial charge in [-0.15, -0.1) is 0 Å². The minimum absolute atomic E-state index is 0.377. The smallest absolute Gasteiger partial charge is 0.0837 e. The molecule has 1 unspecified atom stereocenters. The van der Waals surface area contributed by atoms with Gasteiger partial charge in [0, 0.05) is 6.42 Å². The summed E-state index contributed by atoms with van der Waals surface area (Å²) in [4.78, 5) is 0. The molecule has 4 aromatic carbocycles. The number of hydrogen-bond donors (Lipinski definition) is 1. The third-order valence-corrected chi connectivity index (χ3v) is 4.76. The molecule has 0 saturated carbocycles. The third kappa shape index (κ3) is 1.39. The molecule has 0 spiro atoms. The molecule has 0 saturated heterocycles.